The second-order valence-electron chi connectivity index (χ2n) is 4.35. The van der Waals surface area contributed by atoms with Crippen LogP contribution < -0.4 is 10.2 Å². The molecular formula is C15H14N2O. The first kappa shape index (κ1) is 10.8. The van der Waals surface area contributed by atoms with Crippen LogP contribution in [0.15, 0.2) is 48.5 Å². The van der Waals surface area contributed by atoms with Crippen LogP contribution in [-0.2, 0) is 6.54 Å². The van der Waals surface area contributed by atoms with Gasteiger partial charge in [-0.1, -0.05) is 18.2 Å². The fourth-order valence-electron chi connectivity index (χ4n) is 2.27. The standard InChI is InChI=1S/C15H14N2O/c1-16-12-6-8-13(9-7-12)17-10-11-4-2-3-5-14(11)15(17)18/h2-9,16H,10H2,1H3. The molecule has 0 radical (unpaired) electrons. The highest BCUT2D eigenvalue weighted by molar-refractivity contribution is 6.10. The Morgan fingerprint density at radius 1 is 1.06 bits per heavy atom. The number of fused-ring (bicyclic) bond motifs is 1. The minimum absolute atomic E-state index is 0.0859. The second kappa shape index (κ2) is 4.18. The first-order chi connectivity index (χ1) is 8.79. The second-order valence-corrected chi connectivity index (χ2v) is 4.35. The topological polar surface area (TPSA) is 32.3 Å². The first-order valence-corrected chi connectivity index (χ1v) is 5.97. The molecule has 3 rings (SSSR count). The van der Waals surface area contributed by atoms with Gasteiger partial charge in [-0.15, -0.1) is 0 Å². The van der Waals surface area contributed by atoms with E-state index in [1.54, 1.807) is 0 Å². The van der Waals surface area contributed by atoms with Gasteiger partial charge in [0.25, 0.3) is 5.91 Å². The molecule has 0 atom stereocenters. The van der Waals surface area contributed by atoms with Crippen molar-refractivity contribution in [3.63, 3.8) is 0 Å². The molecule has 0 spiro atoms. The maximum atomic E-state index is 12.3. The summed E-state index contributed by atoms with van der Waals surface area (Å²) in [4.78, 5) is 14.1. The minimum atomic E-state index is 0.0859. The minimum Gasteiger partial charge on any atom is -0.388 e. The van der Waals surface area contributed by atoms with E-state index in [-0.39, 0.29) is 5.91 Å². The monoisotopic (exact) mass is 238 g/mol. The zero-order chi connectivity index (χ0) is 12.5. The molecule has 1 heterocycles. The van der Waals surface area contributed by atoms with E-state index in [4.69, 9.17) is 0 Å². The number of hydrogen-bond donors (Lipinski definition) is 1. The van der Waals surface area contributed by atoms with Crippen molar-refractivity contribution in [2.24, 2.45) is 0 Å². The summed E-state index contributed by atoms with van der Waals surface area (Å²) in [5.74, 6) is 0.0859. The first-order valence-electron chi connectivity index (χ1n) is 5.97. The molecule has 0 saturated carbocycles. The summed E-state index contributed by atoms with van der Waals surface area (Å²) in [6.07, 6.45) is 0. The summed E-state index contributed by atoms with van der Waals surface area (Å²) in [7, 11) is 1.88. The number of hydrogen-bond acceptors (Lipinski definition) is 2. The van der Waals surface area contributed by atoms with Crippen molar-refractivity contribution in [3.8, 4) is 0 Å². The van der Waals surface area contributed by atoms with Crippen LogP contribution in [0.3, 0.4) is 0 Å². The van der Waals surface area contributed by atoms with E-state index in [0.717, 1.165) is 22.5 Å². The summed E-state index contributed by atoms with van der Waals surface area (Å²) >= 11 is 0. The van der Waals surface area contributed by atoms with Gasteiger partial charge in [0.15, 0.2) is 0 Å². The lowest BCUT2D eigenvalue weighted by Gasteiger charge is -2.16. The summed E-state index contributed by atoms with van der Waals surface area (Å²) in [6, 6.07) is 15.7. The predicted octanol–water partition coefficient (Wildman–Crippen LogP) is 2.89. The van der Waals surface area contributed by atoms with Crippen LogP contribution in [0.5, 0.6) is 0 Å². The van der Waals surface area contributed by atoms with Crippen LogP contribution >= 0.6 is 0 Å². The van der Waals surface area contributed by atoms with Crippen molar-refractivity contribution >= 4 is 17.3 Å². The Bertz CT molecular complexity index is 590. The van der Waals surface area contributed by atoms with Crippen LogP contribution in [0.25, 0.3) is 0 Å². The number of carbonyl (C=O) groups is 1. The number of nitrogens with one attached hydrogen (secondary N) is 1. The summed E-state index contributed by atoms with van der Waals surface area (Å²) in [6.45, 7) is 0.661. The zero-order valence-electron chi connectivity index (χ0n) is 10.2. The van der Waals surface area contributed by atoms with Gasteiger partial charge in [0.1, 0.15) is 0 Å². The molecule has 2 aromatic rings. The molecule has 0 aliphatic carbocycles. The van der Waals surface area contributed by atoms with Gasteiger partial charge >= 0.3 is 0 Å². The molecule has 0 bridgehead atoms. The number of carbonyl (C=O) groups excluding carboxylic acids is 1. The van der Waals surface area contributed by atoms with E-state index >= 15 is 0 Å². The third-order valence-electron chi connectivity index (χ3n) is 3.29. The Hall–Kier alpha value is -2.29. The molecule has 1 amide bonds. The lowest BCUT2D eigenvalue weighted by Crippen LogP contribution is -2.22. The highest BCUT2D eigenvalue weighted by Gasteiger charge is 2.27. The Labute approximate surface area is 106 Å². The van der Waals surface area contributed by atoms with Gasteiger partial charge in [-0.2, -0.15) is 0 Å². The molecule has 1 N–H and O–H groups in total. The van der Waals surface area contributed by atoms with E-state index < -0.39 is 0 Å². The average Bonchev–Trinajstić information content (AvgIpc) is 2.77. The molecule has 90 valence electrons. The third kappa shape index (κ3) is 1.64. The molecule has 1 aliphatic rings. The maximum absolute atomic E-state index is 12.3. The SMILES string of the molecule is CNc1ccc(N2Cc3ccccc3C2=O)cc1. The van der Waals surface area contributed by atoms with Gasteiger partial charge in [-0.3, -0.25) is 4.79 Å². The molecule has 0 unspecified atom stereocenters. The van der Waals surface area contributed by atoms with Gasteiger partial charge in [0.2, 0.25) is 0 Å². The highest BCUT2D eigenvalue weighted by Crippen LogP contribution is 2.28. The lowest BCUT2D eigenvalue weighted by molar-refractivity contribution is 0.0996. The number of anilines is 2. The van der Waals surface area contributed by atoms with Gasteiger partial charge < -0.3 is 10.2 Å². The van der Waals surface area contributed by atoms with E-state index in [1.807, 2.05) is 60.5 Å². The molecule has 3 heteroatoms. The Morgan fingerprint density at radius 2 is 1.78 bits per heavy atom. The molecule has 3 nitrogen and oxygen atoms in total. The van der Waals surface area contributed by atoms with Crippen LogP contribution in [0.1, 0.15) is 15.9 Å². The lowest BCUT2D eigenvalue weighted by atomic mass is 10.1. The highest BCUT2D eigenvalue weighted by atomic mass is 16.2. The zero-order valence-corrected chi connectivity index (χ0v) is 10.2. The third-order valence-corrected chi connectivity index (χ3v) is 3.29. The van der Waals surface area contributed by atoms with E-state index in [0.29, 0.717) is 6.54 Å². The van der Waals surface area contributed by atoms with E-state index in [9.17, 15) is 4.79 Å². The number of nitrogens with zero attached hydrogens (tertiary/aromatic N) is 1. The molecule has 18 heavy (non-hydrogen) atoms. The van der Waals surface area contributed by atoms with Gasteiger partial charge in [-0.25, -0.2) is 0 Å². The molecule has 0 fully saturated rings. The van der Waals surface area contributed by atoms with Crippen molar-refractivity contribution in [2.75, 3.05) is 17.3 Å². The largest absolute Gasteiger partial charge is 0.388 e. The Balaban J connectivity index is 1.93. The molecule has 1 aliphatic heterocycles. The number of amides is 1. The van der Waals surface area contributed by atoms with Crippen LogP contribution in [0.4, 0.5) is 11.4 Å². The number of rotatable bonds is 2. The maximum Gasteiger partial charge on any atom is 0.258 e. The molecular weight excluding hydrogens is 224 g/mol. The predicted molar refractivity (Wildman–Crippen MR) is 72.9 cm³/mol. The van der Waals surface area contributed by atoms with Gasteiger partial charge in [0.05, 0.1) is 6.54 Å². The smallest absolute Gasteiger partial charge is 0.258 e. The van der Waals surface area contributed by atoms with Gasteiger partial charge in [0, 0.05) is 24.0 Å². The fourth-order valence-corrected chi connectivity index (χ4v) is 2.27. The summed E-state index contributed by atoms with van der Waals surface area (Å²) in [5, 5.41) is 3.07. The van der Waals surface area contributed by atoms with E-state index in [1.165, 1.54) is 0 Å². The van der Waals surface area contributed by atoms with Crippen LogP contribution in [0.2, 0.25) is 0 Å². The van der Waals surface area contributed by atoms with Crippen LogP contribution in [0, 0.1) is 0 Å². The average molecular weight is 238 g/mol. The number of benzene rings is 2. The van der Waals surface area contributed by atoms with Crippen molar-refractivity contribution in [3.05, 3.63) is 59.7 Å². The van der Waals surface area contributed by atoms with Crippen molar-refractivity contribution < 1.29 is 4.79 Å². The van der Waals surface area contributed by atoms with E-state index in [2.05, 4.69) is 5.32 Å². The molecule has 2 aromatic carbocycles. The Morgan fingerprint density at radius 3 is 2.44 bits per heavy atom. The van der Waals surface area contributed by atoms with Gasteiger partial charge in [-0.05, 0) is 35.9 Å². The van der Waals surface area contributed by atoms with Crippen molar-refractivity contribution in [2.45, 2.75) is 6.54 Å². The summed E-state index contributed by atoms with van der Waals surface area (Å²) < 4.78 is 0. The fraction of sp³-hybridized carbons (Fsp3) is 0.133. The Kier molecular flexibility index (Phi) is 2.52. The van der Waals surface area contributed by atoms with Crippen molar-refractivity contribution in [1.29, 1.82) is 0 Å². The molecule has 0 aromatic heterocycles. The normalized spacial score (nSPS) is 13.6. The quantitative estimate of drug-likeness (QED) is 0.872. The van der Waals surface area contributed by atoms with Crippen LogP contribution in [-0.4, -0.2) is 13.0 Å². The molecule has 0 saturated heterocycles. The van der Waals surface area contributed by atoms with Crippen molar-refractivity contribution in [1.82, 2.24) is 0 Å². The summed E-state index contributed by atoms with van der Waals surface area (Å²) in [5.41, 5.74) is 3.90.